The van der Waals surface area contributed by atoms with Gasteiger partial charge in [-0.05, 0) is 77.0 Å². The van der Waals surface area contributed by atoms with E-state index in [1.54, 1.807) is 48.5 Å². The van der Waals surface area contributed by atoms with Crippen molar-refractivity contribution in [1.29, 1.82) is 0 Å². The molecule has 44 heavy (non-hydrogen) atoms. The van der Waals surface area contributed by atoms with Gasteiger partial charge in [0.05, 0.1) is 10.7 Å². The third-order valence-corrected chi connectivity index (χ3v) is 7.43. The quantitative estimate of drug-likeness (QED) is 0.0691. The van der Waals surface area contributed by atoms with Crippen LogP contribution in [0.2, 0.25) is 0 Å². The standard InChI is InChI=1S/C34H26N4O5S/c39-32(35-28-16-15-24-7-4-5-10-26(24)20-28)22-44-30-12-6-11-27(21-30)36-34(41)31(37-33(40)25-8-2-1-3-9-25)19-23-13-17-29(18-14-23)38(42)43/h1-21H,22H2,(H,35,39)(H,36,41)(H,37,40)/b31-19+. The number of fused-ring (bicyclic) bond motifs is 1. The van der Waals surface area contributed by atoms with Gasteiger partial charge < -0.3 is 16.0 Å². The normalized spacial score (nSPS) is 11.0. The van der Waals surface area contributed by atoms with Crippen molar-refractivity contribution in [3.8, 4) is 0 Å². The molecule has 5 aromatic carbocycles. The van der Waals surface area contributed by atoms with Crippen LogP contribution in [0.15, 0.2) is 132 Å². The first-order chi connectivity index (χ1) is 21.3. The average molecular weight is 603 g/mol. The van der Waals surface area contributed by atoms with E-state index in [1.807, 2.05) is 48.5 Å². The molecular weight excluding hydrogens is 576 g/mol. The molecule has 218 valence electrons. The number of carbonyl (C=O) groups is 3. The first-order valence-electron chi connectivity index (χ1n) is 13.5. The summed E-state index contributed by atoms with van der Waals surface area (Å²) in [5, 5.41) is 21.5. The largest absolute Gasteiger partial charge is 0.325 e. The Bertz CT molecular complexity index is 1870. The number of anilines is 2. The van der Waals surface area contributed by atoms with Crippen molar-refractivity contribution in [3.63, 3.8) is 0 Å². The number of amides is 3. The zero-order chi connectivity index (χ0) is 30.9. The lowest BCUT2D eigenvalue weighted by atomic mass is 10.1. The van der Waals surface area contributed by atoms with E-state index in [0.717, 1.165) is 15.7 Å². The molecule has 9 nitrogen and oxygen atoms in total. The lowest BCUT2D eigenvalue weighted by Gasteiger charge is -2.12. The summed E-state index contributed by atoms with van der Waals surface area (Å²) < 4.78 is 0. The highest BCUT2D eigenvalue weighted by Gasteiger charge is 2.16. The first-order valence-corrected chi connectivity index (χ1v) is 14.5. The molecule has 3 N–H and O–H groups in total. The molecule has 0 unspecified atom stereocenters. The molecule has 5 rings (SSSR count). The number of benzene rings is 5. The number of carbonyl (C=O) groups excluding carboxylic acids is 3. The van der Waals surface area contributed by atoms with Gasteiger partial charge in [-0.25, -0.2) is 0 Å². The molecule has 0 aliphatic carbocycles. The molecule has 0 radical (unpaired) electrons. The van der Waals surface area contributed by atoms with Crippen LogP contribution in [-0.2, 0) is 9.59 Å². The molecule has 10 heteroatoms. The lowest BCUT2D eigenvalue weighted by molar-refractivity contribution is -0.384. The average Bonchev–Trinajstić information content (AvgIpc) is 3.04. The summed E-state index contributed by atoms with van der Waals surface area (Å²) in [5.41, 5.74) is 1.85. The smallest absolute Gasteiger partial charge is 0.272 e. The van der Waals surface area contributed by atoms with E-state index in [0.29, 0.717) is 22.5 Å². The highest BCUT2D eigenvalue weighted by atomic mass is 32.2. The van der Waals surface area contributed by atoms with Gasteiger partial charge >= 0.3 is 0 Å². The first kappa shape index (κ1) is 29.7. The summed E-state index contributed by atoms with van der Waals surface area (Å²) in [6.45, 7) is 0. The van der Waals surface area contributed by atoms with Gasteiger partial charge in [-0.15, -0.1) is 11.8 Å². The molecule has 0 spiro atoms. The van der Waals surface area contributed by atoms with Crippen molar-refractivity contribution in [1.82, 2.24) is 5.32 Å². The monoisotopic (exact) mass is 602 g/mol. The van der Waals surface area contributed by atoms with Crippen molar-refractivity contribution in [2.45, 2.75) is 4.90 Å². The molecular formula is C34H26N4O5S. The fourth-order valence-electron chi connectivity index (χ4n) is 4.28. The highest BCUT2D eigenvalue weighted by molar-refractivity contribution is 8.00. The summed E-state index contributed by atoms with van der Waals surface area (Å²) in [6.07, 6.45) is 1.44. The number of rotatable bonds is 10. The van der Waals surface area contributed by atoms with Crippen molar-refractivity contribution in [3.05, 3.63) is 148 Å². The molecule has 0 aliphatic heterocycles. The lowest BCUT2D eigenvalue weighted by Crippen LogP contribution is -2.30. The van der Waals surface area contributed by atoms with Gasteiger partial charge in [0.15, 0.2) is 0 Å². The van der Waals surface area contributed by atoms with Gasteiger partial charge in [0, 0.05) is 34.0 Å². The van der Waals surface area contributed by atoms with E-state index in [1.165, 1.54) is 42.1 Å². The Balaban J connectivity index is 1.26. The number of nitro benzene ring substituents is 1. The number of non-ortho nitro benzene ring substituents is 1. The molecule has 0 saturated heterocycles. The van der Waals surface area contributed by atoms with Gasteiger partial charge in [-0.3, -0.25) is 24.5 Å². The van der Waals surface area contributed by atoms with Gasteiger partial charge in [-0.2, -0.15) is 0 Å². The Kier molecular flexibility index (Phi) is 9.43. The van der Waals surface area contributed by atoms with E-state index in [9.17, 15) is 24.5 Å². The van der Waals surface area contributed by atoms with Crippen LogP contribution in [0.4, 0.5) is 17.1 Å². The second kappa shape index (κ2) is 14.0. The third kappa shape index (κ3) is 7.96. The van der Waals surface area contributed by atoms with Crippen LogP contribution in [0.5, 0.6) is 0 Å². The van der Waals surface area contributed by atoms with Crippen LogP contribution >= 0.6 is 11.8 Å². The van der Waals surface area contributed by atoms with Crippen molar-refractivity contribution in [2.24, 2.45) is 0 Å². The summed E-state index contributed by atoms with van der Waals surface area (Å²) in [4.78, 5) is 50.1. The molecule has 0 atom stereocenters. The number of thioether (sulfide) groups is 1. The minimum absolute atomic E-state index is 0.0551. The molecule has 0 aliphatic rings. The molecule has 0 heterocycles. The molecule has 5 aromatic rings. The van der Waals surface area contributed by atoms with Crippen LogP contribution in [0, 0.1) is 10.1 Å². The van der Waals surface area contributed by atoms with Crippen LogP contribution in [0.25, 0.3) is 16.8 Å². The predicted molar refractivity (Wildman–Crippen MR) is 173 cm³/mol. The van der Waals surface area contributed by atoms with Gasteiger partial charge in [-0.1, -0.05) is 54.6 Å². The van der Waals surface area contributed by atoms with Crippen LogP contribution in [-0.4, -0.2) is 28.4 Å². The van der Waals surface area contributed by atoms with Crippen LogP contribution in [0.3, 0.4) is 0 Å². The number of hydrogen-bond acceptors (Lipinski definition) is 6. The summed E-state index contributed by atoms with van der Waals surface area (Å²) in [5.74, 6) is -1.10. The Hall–Kier alpha value is -5.74. The second-order valence-electron chi connectivity index (χ2n) is 9.61. The Morgan fingerprint density at radius 3 is 2.18 bits per heavy atom. The molecule has 0 saturated carbocycles. The Morgan fingerprint density at radius 2 is 1.43 bits per heavy atom. The van der Waals surface area contributed by atoms with Crippen molar-refractivity contribution < 1.29 is 19.3 Å². The van der Waals surface area contributed by atoms with Gasteiger partial charge in [0.2, 0.25) is 5.91 Å². The van der Waals surface area contributed by atoms with E-state index in [4.69, 9.17) is 0 Å². The predicted octanol–water partition coefficient (Wildman–Crippen LogP) is 6.89. The minimum atomic E-state index is -0.594. The molecule has 0 bridgehead atoms. The van der Waals surface area contributed by atoms with Crippen molar-refractivity contribution in [2.75, 3.05) is 16.4 Å². The molecule has 0 fully saturated rings. The maximum atomic E-state index is 13.4. The van der Waals surface area contributed by atoms with Crippen LogP contribution < -0.4 is 16.0 Å². The maximum Gasteiger partial charge on any atom is 0.272 e. The second-order valence-corrected chi connectivity index (χ2v) is 10.7. The SMILES string of the molecule is O=C(CSc1cccc(NC(=O)/C(=C\c2ccc([N+](=O)[O-])cc2)NC(=O)c2ccccc2)c1)Nc1ccc2ccccc2c1. The van der Waals surface area contributed by atoms with E-state index in [2.05, 4.69) is 16.0 Å². The Labute approximate surface area is 257 Å². The van der Waals surface area contributed by atoms with Gasteiger partial charge in [0.25, 0.3) is 17.5 Å². The summed E-state index contributed by atoms with van der Waals surface area (Å²) >= 11 is 1.31. The topological polar surface area (TPSA) is 130 Å². The minimum Gasteiger partial charge on any atom is -0.325 e. The molecule has 3 amide bonds. The summed E-state index contributed by atoms with van der Waals surface area (Å²) in [6, 6.07) is 34.7. The highest BCUT2D eigenvalue weighted by Crippen LogP contribution is 2.24. The summed E-state index contributed by atoms with van der Waals surface area (Å²) in [7, 11) is 0. The maximum absolute atomic E-state index is 13.4. The van der Waals surface area contributed by atoms with E-state index in [-0.39, 0.29) is 23.0 Å². The van der Waals surface area contributed by atoms with Crippen molar-refractivity contribution >= 4 is 63.4 Å². The van der Waals surface area contributed by atoms with Gasteiger partial charge in [0.1, 0.15) is 5.70 Å². The third-order valence-electron chi connectivity index (χ3n) is 6.44. The molecule has 0 aromatic heterocycles. The fourth-order valence-corrected chi connectivity index (χ4v) is 5.03. The van der Waals surface area contributed by atoms with E-state index >= 15 is 0 Å². The number of nitrogens with one attached hydrogen (secondary N) is 3. The number of nitro groups is 1. The Morgan fingerprint density at radius 1 is 0.727 bits per heavy atom. The van der Waals surface area contributed by atoms with E-state index < -0.39 is 16.7 Å². The fraction of sp³-hybridized carbons (Fsp3) is 0.0294. The number of nitrogens with zero attached hydrogens (tertiary/aromatic N) is 1. The van der Waals surface area contributed by atoms with Crippen LogP contribution in [0.1, 0.15) is 15.9 Å². The zero-order valence-electron chi connectivity index (χ0n) is 23.2. The zero-order valence-corrected chi connectivity index (χ0v) is 24.0. The number of hydrogen-bond donors (Lipinski definition) is 3.